The zero-order chi connectivity index (χ0) is 16.0. The molecule has 0 unspecified atom stereocenters. The molecular formula is C14H17ClN4O2S2. The standard InChI is InChI=1S/C14H17ClN4O2S2/c15-12-3-4-13(22-12)23(20,21)18-7-5-11(6-8-18)19-9-16-17-14(19)10-1-2-10/h3-4,9-11H,1-2,5-8H2. The fraction of sp³-hybridized carbons (Fsp3) is 0.571. The monoisotopic (exact) mass is 372 g/mol. The molecule has 0 aromatic carbocycles. The first-order valence-electron chi connectivity index (χ1n) is 7.70. The van der Waals surface area contributed by atoms with Crippen molar-refractivity contribution in [3.05, 3.63) is 28.6 Å². The number of nitrogens with zero attached hydrogens (tertiary/aromatic N) is 4. The number of piperidine rings is 1. The van der Waals surface area contributed by atoms with Crippen LogP contribution in [0.2, 0.25) is 4.34 Å². The van der Waals surface area contributed by atoms with Crippen molar-refractivity contribution in [1.29, 1.82) is 0 Å². The Bertz CT molecular complexity index is 804. The number of sulfonamides is 1. The van der Waals surface area contributed by atoms with E-state index < -0.39 is 10.0 Å². The Morgan fingerprint density at radius 2 is 1.91 bits per heavy atom. The van der Waals surface area contributed by atoms with Gasteiger partial charge in [0, 0.05) is 25.0 Å². The molecule has 0 bridgehead atoms. The van der Waals surface area contributed by atoms with Gasteiger partial charge in [-0.15, -0.1) is 21.5 Å². The molecule has 1 aliphatic heterocycles. The smallest absolute Gasteiger partial charge is 0.252 e. The second-order valence-corrected chi connectivity index (χ2v) is 9.94. The van der Waals surface area contributed by atoms with Gasteiger partial charge in [-0.1, -0.05) is 11.6 Å². The number of halogens is 1. The number of aromatic nitrogens is 3. The van der Waals surface area contributed by atoms with Crippen LogP contribution in [0.3, 0.4) is 0 Å². The van der Waals surface area contributed by atoms with Crippen molar-refractivity contribution in [2.24, 2.45) is 0 Å². The Hall–Kier alpha value is -0.960. The van der Waals surface area contributed by atoms with Gasteiger partial charge in [0.05, 0.1) is 4.34 Å². The summed E-state index contributed by atoms with van der Waals surface area (Å²) in [4.78, 5) is 0. The molecule has 124 valence electrons. The van der Waals surface area contributed by atoms with Crippen LogP contribution in [0.25, 0.3) is 0 Å². The molecule has 3 heterocycles. The van der Waals surface area contributed by atoms with Crippen molar-refractivity contribution >= 4 is 33.0 Å². The van der Waals surface area contributed by atoms with Gasteiger partial charge in [-0.3, -0.25) is 0 Å². The normalized spacial score (nSPS) is 20.9. The minimum atomic E-state index is -3.42. The second kappa shape index (κ2) is 5.84. The van der Waals surface area contributed by atoms with Crippen LogP contribution in [0.4, 0.5) is 0 Å². The first-order valence-corrected chi connectivity index (χ1v) is 10.3. The van der Waals surface area contributed by atoms with Gasteiger partial charge in [-0.2, -0.15) is 4.31 Å². The maximum Gasteiger partial charge on any atom is 0.252 e. The van der Waals surface area contributed by atoms with Crippen LogP contribution >= 0.6 is 22.9 Å². The Balaban J connectivity index is 1.47. The minimum absolute atomic E-state index is 0.291. The van der Waals surface area contributed by atoms with Crippen LogP contribution in [0.15, 0.2) is 22.7 Å². The van der Waals surface area contributed by atoms with E-state index in [1.54, 1.807) is 22.8 Å². The maximum absolute atomic E-state index is 12.6. The molecule has 6 nitrogen and oxygen atoms in total. The fourth-order valence-electron chi connectivity index (χ4n) is 3.09. The summed E-state index contributed by atoms with van der Waals surface area (Å²) in [6.07, 6.45) is 5.74. The molecule has 1 saturated heterocycles. The van der Waals surface area contributed by atoms with Crippen LogP contribution in [0.5, 0.6) is 0 Å². The van der Waals surface area contributed by atoms with Gasteiger partial charge in [-0.25, -0.2) is 8.42 Å². The topological polar surface area (TPSA) is 68.1 Å². The molecule has 0 amide bonds. The Labute approximate surface area is 144 Å². The second-order valence-electron chi connectivity index (χ2n) is 6.06. The third-order valence-electron chi connectivity index (χ3n) is 4.50. The SMILES string of the molecule is O=S(=O)(c1ccc(Cl)s1)N1CCC(n2cnnc2C2CC2)CC1. The average Bonchev–Trinajstić information content (AvgIpc) is 3.09. The van der Waals surface area contributed by atoms with E-state index in [0.717, 1.165) is 30.0 Å². The minimum Gasteiger partial charge on any atom is -0.314 e. The molecule has 2 fully saturated rings. The maximum atomic E-state index is 12.6. The van der Waals surface area contributed by atoms with Gasteiger partial charge in [-0.05, 0) is 37.8 Å². The Kier molecular flexibility index (Phi) is 3.95. The lowest BCUT2D eigenvalue weighted by atomic mass is 10.1. The van der Waals surface area contributed by atoms with Crippen LogP contribution < -0.4 is 0 Å². The molecule has 9 heteroatoms. The van der Waals surface area contributed by atoms with Gasteiger partial charge in [0.25, 0.3) is 10.0 Å². The molecule has 0 radical (unpaired) electrons. The molecule has 0 N–H and O–H groups in total. The molecule has 4 rings (SSSR count). The molecule has 2 aromatic rings. The molecule has 2 aromatic heterocycles. The Morgan fingerprint density at radius 3 is 2.52 bits per heavy atom. The van der Waals surface area contributed by atoms with Crippen molar-refractivity contribution in [3.63, 3.8) is 0 Å². The van der Waals surface area contributed by atoms with Crippen LogP contribution in [-0.2, 0) is 10.0 Å². The van der Waals surface area contributed by atoms with Crippen molar-refractivity contribution in [2.45, 2.75) is 41.9 Å². The van der Waals surface area contributed by atoms with Crippen LogP contribution in [-0.4, -0.2) is 40.6 Å². The zero-order valence-corrected chi connectivity index (χ0v) is 14.8. The van der Waals surface area contributed by atoms with E-state index in [1.807, 2.05) is 0 Å². The van der Waals surface area contributed by atoms with Gasteiger partial charge in [0.2, 0.25) is 0 Å². The molecule has 2 aliphatic rings. The molecule has 1 saturated carbocycles. The van der Waals surface area contributed by atoms with E-state index in [9.17, 15) is 8.42 Å². The van der Waals surface area contributed by atoms with E-state index in [-0.39, 0.29) is 0 Å². The van der Waals surface area contributed by atoms with Gasteiger partial charge in [0.15, 0.2) is 0 Å². The van der Waals surface area contributed by atoms with Crippen molar-refractivity contribution in [1.82, 2.24) is 19.1 Å². The quantitative estimate of drug-likeness (QED) is 0.827. The number of thiophene rings is 1. The molecule has 0 spiro atoms. The van der Waals surface area contributed by atoms with E-state index in [1.165, 1.54) is 12.8 Å². The molecule has 23 heavy (non-hydrogen) atoms. The summed E-state index contributed by atoms with van der Waals surface area (Å²) in [5.41, 5.74) is 0. The fourth-order valence-corrected chi connectivity index (χ4v) is 6.20. The summed E-state index contributed by atoms with van der Waals surface area (Å²) in [7, 11) is -3.42. The highest BCUT2D eigenvalue weighted by Gasteiger charge is 2.34. The van der Waals surface area contributed by atoms with Crippen LogP contribution in [0, 0.1) is 0 Å². The summed E-state index contributed by atoms with van der Waals surface area (Å²) in [5, 5.41) is 8.28. The van der Waals surface area contributed by atoms with E-state index in [2.05, 4.69) is 14.8 Å². The average molecular weight is 373 g/mol. The highest BCUT2D eigenvalue weighted by Crippen LogP contribution is 2.40. The Morgan fingerprint density at radius 1 is 1.17 bits per heavy atom. The number of hydrogen-bond donors (Lipinski definition) is 0. The van der Waals surface area contributed by atoms with E-state index >= 15 is 0 Å². The predicted molar refractivity (Wildman–Crippen MR) is 88.4 cm³/mol. The third-order valence-corrected chi connectivity index (χ3v) is 8.10. The first-order chi connectivity index (χ1) is 11.1. The first kappa shape index (κ1) is 15.6. The largest absolute Gasteiger partial charge is 0.314 e. The number of rotatable bonds is 4. The summed E-state index contributed by atoms with van der Waals surface area (Å²) in [6, 6.07) is 3.50. The number of hydrogen-bond acceptors (Lipinski definition) is 5. The van der Waals surface area contributed by atoms with E-state index in [0.29, 0.717) is 33.6 Å². The van der Waals surface area contributed by atoms with Crippen molar-refractivity contribution < 1.29 is 8.42 Å². The van der Waals surface area contributed by atoms with E-state index in [4.69, 9.17) is 11.6 Å². The van der Waals surface area contributed by atoms with Gasteiger partial charge in [0.1, 0.15) is 16.4 Å². The summed E-state index contributed by atoms with van der Waals surface area (Å²) in [6.45, 7) is 1.04. The lowest BCUT2D eigenvalue weighted by Crippen LogP contribution is -2.38. The predicted octanol–water partition coefficient (Wildman–Crippen LogP) is 2.90. The summed E-state index contributed by atoms with van der Waals surface area (Å²) >= 11 is 6.98. The van der Waals surface area contributed by atoms with Crippen molar-refractivity contribution in [3.8, 4) is 0 Å². The lowest BCUT2D eigenvalue weighted by Gasteiger charge is -2.31. The van der Waals surface area contributed by atoms with Gasteiger partial charge < -0.3 is 4.57 Å². The van der Waals surface area contributed by atoms with Crippen molar-refractivity contribution in [2.75, 3.05) is 13.1 Å². The molecule has 0 atom stereocenters. The summed E-state index contributed by atoms with van der Waals surface area (Å²) < 4.78 is 29.8. The van der Waals surface area contributed by atoms with Crippen LogP contribution in [0.1, 0.15) is 43.5 Å². The molecular weight excluding hydrogens is 356 g/mol. The highest BCUT2D eigenvalue weighted by molar-refractivity contribution is 7.91. The third kappa shape index (κ3) is 2.93. The lowest BCUT2D eigenvalue weighted by molar-refractivity contribution is 0.270. The summed E-state index contributed by atoms with van der Waals surface area (Å²) in [5.74, 6) is 1.61. The van der Waals surface area contributed by atoms with Gasteiger partial charge >= 0.3 is 0 Å². The highest BCUT2D eigenvalue weighted by atomic mass is 35.5. The molecule has 1 aliphatic carbocycles. The zero-order valence-electron chi connectivity index (χ0n) is 12.4.